The number of rotatable bonds is 5. The van der Waals surface area contributed by atoms with Gasteiger partial charge in [0.1, 0.15) is 11.5 Å². The summed E-state index contributed by atoms with van der Waals surface area (Å²) in [6.07, 6.45) is 2.41. The number of benzene rings is 2. The molecule has 0 aromatic heterocycles. The van der Waals surface area contributed by atoms with Crippen molar-refractivity contribution in [3.8, 4) is 34.5 Å². The summed E-state index contributed by atoms with van der Waals surface area (Å²) in [4.78, 5) is 0. The van der Waals surface area contributed by atoms with Crippen LogP contribution >= 0.6 is 0 Å². The zero-order valence-electron chi connectivity index (χ0n) is 17.6. The molecule has 0 aliphatic rings. The van der Waals surface area contributed by atoms with Crippen LogP contribution in [0.2, 0.25) is 7.73 Å². The summed E-state index contributed by atoms with van der Waals surface area (Å²) < 4.78 is 6.28. The summed E-state index contributed by atoms with van der Waals surface area (Å²) in [6, 6.07) is 9.43. The number of nitrogens with one attached hydrogen (secondary N) is 1. The van der Waals surface area contributed by atoms with Crippen molar-refractivity contribution >= 4 is 12.6 Å². The molecule has 2 aromatic carbocycles. The standard InChI is InChI=1S/C19H22O2.C4H6BN/c1-5-6-14-10-17(20)19(18(21)11-14)16-9-13(4)7-8-15(16)12(2)3;1-2-3-4-5-6/h7-11,20-21H,2,5-6H2,1,3-4H3;6H,4H2,1H3/i;6D. The van der Waals surface area contributed by atoms with Gasteiger partial charge in [-0.2, -0.15) is 0 Å². The van der Waals surface area contributed by atoms with Gasteiger partial charge in [0.05, 0.1) is 5.56 Å². The third-order valence-electron chi connectivity index (χ3n) is 3.97. The Bertz CT molecular complexity index is 888. The maximum atomic E-state index is 10.4. The van der Waals surface area contributed by atoms with Crippen molar-refractivity contribution < 1.29 is 11.6 Å². The molecule has 0 aliphatic heterocycles. The van der Waals surface area contributed by atoms with Gasteiger partial charge in [-0.1, -0.05) is 49.3 Å². The molecule has 0 radical (unpaired) electrons. The van der Waals surface area contributed by atoms with E-state index in [0.717, 1.165) is 40.7 Å². The van der Waals surface area contributed by atoms with Gasteiger partial charge in [-0.25, -0.2) is 0 Å². The van der Waals surface area contributed by atoms with Gasteiger partial charge in [0.15, 0.2) is 0 Å². The Hall–Kier alpha value is -2.80. The number of allylic oxidation sites excluding steroid dienone is 1. The van der Waals surface area contributed by atoms with E-state index in [0.29, 0.717) is 11.9 Å². The monoisotopic (exact) mass is 362 g/mol. The van der Waals surface area contributed by atoms with Crippen LogP contribution in [0.4, 0.5) is 0 Å². The van der Waals surface area contributed by atoms with Gasteiger partial charge >= 0.3 is 38.9 Å². The second-order valence-electron chi connectivity index (χ2n) is 6.40. The zero-order chi connectivity index (χ0) is 21.1. The topological polar surface area (TPSA) is 64.3 Å². The molecule has 27 heavy (non-hydrogen) atoms. The first-order valence-electron chi connectivity index (χ1n) is 9.47. The van der Waals surface area contributed by atoms with Gasteiger partial charge in [-0.15, -0.1) is 0 Å². The van der Waals surface area contributed by atoms with E-state index in [4.69, 9.17) is 1.41 Å². The molecule has 0 heterocycles. The fourth-order valence-corrected chi connectivity index (χ4v) is 2.76. The van der Waals surface area contributed by atoms with E-state index < -0.39 is 0 Å². The molecule has 0 saturated carbocycles. The molecule has 3 nitrogen and oxygen atoms in total. The average Bonchev–Trinajstić information content (AvgIpc) is 2.62. The van der Waals surface area contributed by atoms with Crippen molar-refractivity contribution in [2.75, 3.05) is 0 Å². The average molecular weight is 362 g/mol. The van der Waals surface area contributed by atoms with Crippen molar-refractivity contribution in [1.82, 2.24) is 0 Å². The normalized spacial score (nSPS) is 10.1. The second kappa shape index (κ2) is 11.0. The van der Waals surface area contributed by atoms with Gasteiger partial charge in [-0.05, 0) is 49.1 Å². The Morgan fingerprint density at radius 2 is 1.93 bits per heavy atom. The first kappa shape index (κ1) is 20.5. The molecule has 140 valence electrons. The van der Waals surface area contributed by atoms with Crippen LogP contribution in [-0.4, -0.2) is 17.3 Å². The first-order valence-corrected chi connectivity index (χ1v) is 9.02. The molecule has 3 N–H and O–H groups in total. The summed E-state index contributed by atoms with van der Waals surface area (Å²) in [6.45, 7) is 11.7. The van der Waals surface area contributed by atoms with Crippen LogP contribution in [0, 0.1) is 24.1 Å². The van der Waals surface area contributed by atoms with Gasteiger partial charge in [-0.3, -0.25) is 0 Å². The molecule has 0 spiro atoms. The SMILES string of the molecule is C=C(C)c1ccc(C)cc1-c1c(O)cc(CCC)cc1O.[2H]N=BCC#CC. The van der Waals surface area contributed by atoms with Gasteiger partial charge in [0.25, 0.3) is 0 Å². The number of aromatic hydroxyl groups is 2. The number of hydrogen-bond acceptors (Lipinski definition) is 3. The quantitative estimate of drug-likeness (QED) is 0.454. The summed E-state index contributed by atoms with van der Waals surface area (Å²) in [5, 5.41) is 23.7. The minimum absolute atomic E-state index is 0.117. The fraction of sp³-hybridized carbons (Fsp3) is 0.304. The molecule has 0 bridgehead atoms. The Balaban J connectivity index is 0.000000480. The van der Waals surface area contributed by atoms with Crippen LogP contribution < -0.4 is 0 Å². The minimum atomic E-state index is 0.117. The van der Waals surface area contributed by atoms with Crippen molar-refractivity contribution in [2.45, 2.75) is 46.9 Å². The molecule has 0 atom stereocenters. The number of aryl methyl sites for hydroxylation is 2. The van der Waals surface area contributed by atoms with E-state index in [1.54, 1.807) is 19.1 Å². The summed E-state index contributed by atoms with van der Waals surface area (Å²) >= 11 is 0. The van der Waals surface area contributed by atoms with Crippen molar-refractivity contribution in [3.05, 3.63) is 53.6 Å². The molecular weight excluding hydrogens is 333 g/mol. The third-order valence-corrected chi connectivity index (χ3v) is 3.97. The molecule has 0 fully saturated rings. The predicted octanol–water partition coefficient (Wildman–Crippen LogP) is 5.95. The Labute approximate surface area is 165 Å². The van der Waals surface area contributed by atoms with Crippen LogP contribution in [0.15, 0.2) is 36.9 Å². The molecule has 2 aromatic rings. The number of hydrogen-bond donors (Lipinski definition) is 3. The second-order valence-corrected chi connectivity index (χ2v) is 6.40. The van der Waals surface area contributed by atoms with Crippen molar-refractivity contribution in [1.29, 1.82) is 5.31 Å². The first-order chi connectivity index (χ1) is 13.3. The van der Waals surface area contributed by atoms with Crippen LogP contribution in [0.3, 0.4) is 0 Å². The van der Waals surface area contributed by atoms with Crippen LogP contribution in [0.5, 0.6) is 11.5 Å². The summed E-state index contributed by atoms with van der Waals surface area (Å²) in [5.41, 5.74) is 5.17. The summed E-state index contributed by atoms with van der Waals surface area (Å²) in [7, 11) is 1.45. The Morgan fingerprint density at radius 3 is 2.44 bits per heavy atom. The number of phenols is 2. The van der Waals surface area contributed by atoms with Crippen LogP contribution in [0.25, 0.3) is 16.7 Å². The van der Waals surface area contributed by atoms with E-state index in [9.17, 15) is 10.2 Å². The molecular formula is C23H28BNO2. The summed E-state index contributed by atoms with van der Waals surface area (Å²) in [5.74, 6) is 5.64. The molecule has 2 rings (SSSR count). The number of phenolic OH excluding ortho intramolecular Hbond substituents is 2. The van der Waals surface area contributed by atoms with E-state index in [-0.39, 0.29) is 11.5 Å². The van der Waals surface area contributed by atoms with E-state index in [1.165, 1.54) is 7.07 Å². The van der Waals surface area contributed by atoms with Gasteiger partial charge in [0.2, 0.25) is 0 Å². The van der Waals surface area contributed by atoms with Gasteiger partial charge in [0, 0.05) is 0 Å². The van der Waals surface area contributed by atoms with Crippen LogP contribution in [-0.2, 0) is 6.42 Å². The molecule has 0 amide bonds. The Morgan fingerprint density at radius 1 is 1.26 bits per heavy atom. The Kier molecular flexibility index (Phi) is 8.38. The van der Waals surface area contributed by atoms with E-state index in [2.05, 4.69) is 30.6 Å². The zero-order valence-corrected chi connectivity index (χ0v) is 16.6. The van der Waals surface area contributed by atoms with Crippen molar-refractivity contribution in [2.24, 2.45) is 0 Å². The van der Waals surface area contributed by atoms with Crippen LogP contribution in [0.1, 0.15) is 43.9 Å². The predicted molar refractivity (Wildman–Crippen MR) is 115 cm³/mol. The van der Waals surface area contributed by atoms with Gasteiger partial charge < -0.3 is 10.2 Å². The van der Waals surface area contributed by atoms with Crippen molar-refractivity contribution in [3.63, 3.8) is 0 Å². The third kappa shape index (κ3) is 6.45. The van der Waals surface area contributed by atoms with E-state index >= 15 is 0 Å². The molecule has 4 heteroatoms. The molecule has 0 aliphatic carbocycles. The molecule has 0 unspecified atom stereocenters. The molecule has 0 saturated heterocycles. The van der Waals surface area contributed by atoms with E-state index in [1.807, 2.05) is 32.0 Å². The fourth-order valence-electron chi connectivity index (χ4n) is 2.76. The maximum absolute atomic E-state index is 10.4.